The summed E-state index contributed by atoms with van der Waals surface area (Å²) in [6.45, 7) is 4.01. The molecular weight excluding hydrogens is 393 g/mol. The second kappa shape index (κ2) is 7.11. The number of amides is 1. The van der Waals surface area contributed by atoms with Crippen molar-refractivity contribution >= 4 is 16.8 Å². The number of rotatable bonds is 6. The first-order valence-electron chi connectivity index (χ1n) is 9.89. The van der Waals surface area contributed by atoms with E-state index >= 15 is 0 Å². The van der Waals surface area contributed by atoms with Crippen molar-refractivity contribution in [3.05, 3.63) is 59.8 Å². The van der Waals surface area contributed by atoms with E-state index in [9.17, 15) is 18.0 Å². The Morgan fingerprint density at radius 3 is 2.53 bits per heavy atom. The van der Waals surface area contributed by atoms with Crippen LogP contribution >= 0.6 is 0 Å². The van der Waals surface area contributed by atoms with Gasteiger partial charge in [-0.1, -0.05) is 6.07 Å². The quantitative estimate of drug-likeness (QED) is 0.649. The van der Waals surface area contributed by atoms with Crippen molar-refractivity contribution in [1.29, 1.82) is 0 Å². The predicted molar refractivity (Wildman–Crippen MR) is 107 cm³/mol. The van der Waals surface area contributed by atoms with E-state index in [1.54, 1.807) is 30.8 Å². The molecule has 0 bridgehead atoms. The van der Waals surface area contributed by atoms with Crippen molar-refractivity contribution in [3.63, 3.8) is 0 Å². The Bertz CT molecular complexity index is 1090. The molecule has 3 aromatic rings. The van der Waals surface area contributed by atoms with Crippen LogP contribution in [0.1, 0.15) is 50.8 Å². The molecule has 8 heteroatoms. The molecule has 2 aromatic heterocycles. The molecule has 1 fully saturated rings. The molecule has 1 aromatic carbocycles. The van der Waals surface area contributed by atoms with Gasteiger partial charge < -0.3 is 5.32 Å². The molecule has 0 aliphatic heterocycles. The van der Waals surface area contributed by atoms with E-state index in [2.05, 4.69) is 15.4 Å². The number of nitrogens with one attached hydrogen (secondary N) is 1. The zero-order valence-corrected chi connectivity index (χ0v) is 17.0. The number of carbonyl (C=O) groups is 1. The lowest BCUT2D eigenvalue weighted by atomic mass is 9.85. The summed E-state index contributed by atoms with van der Waals surface area (Å²) in [7, 11) is 0. The third-order valence-corrected chi connectivity index (χ3v) is 5.93. The number of pyridine rings is 1. The van der Waals surface area contributed by atoms with Crippen molar-refractivity contribution in [2.45, 2.75) is 57.0 Å². The van der Waals surface area contributed by atoms with E-state index in [1.165, 1.54) is 18.3 Å². The summed E-state index contributed by atoms with van der Waals surface area (Å²) < 4.78 is 42.4. The average molecular weight is 416 g/mol. The maximum absolute atomic E-state index is 13.7. The van der Waals surface area contributed by atoms with E-state index in [1.807, 2.05) is 12.1 Å². The second-order valence-corrected chi connectivity index (χ2v) is 8.24. The molecular formula is C22H23F3N4O. The molecule has 30 heavy (non-hydrogen) atoms. The summed E-state index contributed by atoms with van der Waals surface area (Å²) in [4.78, 5) is 16.6. The minimum atomic E-state index is -3.52. The molecule has 1 amide bonds. The van der Waals surface area contributed by atoms with Crippen LogP contribution in [0.4, 0.5) is 13.2 Å². The molecule has 158 valence electrons. The van der Waals surface area contributed by atoms with Crippen LogP contribution in [0, 0.1) is 5.82 Å². The lowest BCUT2D eigenvalue weighted by Crippen LogP contribution is -2.54. The zero-order valence-electron chi connectivity index (χ0n) is 17.0. The predicted octanol–water partition coefficient (Wildman–Crippen LogP) is 4.37. The van der Waals surface area contributed by atoms with E-state index in [-0.39, 0.29) is 0 Å². The molecule has 1 aliphatic carbocycles. The highest BCUT2D eigenvalue weighted by molar-refractivity contribution is 5.83. The van der Waals surface area contributed by atoms with Crippen molar-refractivity contribution in [2.24, 2.45) is 0 Å². The maximum atomic E-state index is 13.7. The number of halogens is 3. The number of nitrogens with zero attached hydrogens (tertiary/aromatic N) is 3. The highest BCUT2D eigenvalue weighted by Crippen LogP contribution is 2.40. The summed E-state index contributed by atoms with van der Waals surface area (Å²) in [6, 6.07) is 7.32. The Morgan fingerprint density at radius 2 is 1.93 bits per heavy atom. The Morgan fingerprint density at radius 1 is 1.20 bits per heavy atom. The van der Waals surface area contributed by atoms with Gasteiger partial charge in [-0.3, -0.25) is 14.5 Å². The highest BCUT2D eigenvalue weighted by Gasteiger charge is 2.42. The largest absolute Gasteiger partial charge is 0.346 e. The van der Waals surface area contributed by atoms with E-state index in [0.717, 1.165) is 18.5 Å². The molecule has 0 spiro atoms. The monoisotopic (exact) mass is 416 g/mol. The third-order valence-electron chi connectivity index (χ3n) is 5.93. The maximum Gasteiger partial charge on any atom is 0.321 e. The molecule has 2 heterocycles. The van der Waals surface area contributed by atoms with Gasteiger partial charge in [-0.25, -0.2) is 4.39 Å². The third kappa shape index (κ3) is 3.55. The molecule has 2 atom stereocenters. The van der Waals surface area contributed by atoms with Crippen molar-refractivity contribution in [2.75, 3.05) is 0 Å². The smallest absolute Gasteiger partial charge is 0.321 e. The van der Waals surface area contributed by atoms with Crippen molar-refractivity contribution in [1.82, 2.24) is 20.1 Å². The van der Waals surface area contributed by atoms with Gasteiger partial charge >= 0.3 is 5.92 Å². The number of carbonyl (C=O) groups excluding carboxylic acids is 1. The summed E-state index contributed by atoms with van der Waals surface area (Å²) in [5.74, 6) is -4.81. The van der Waals surface area contributed by atoms with Crippen LogP contribution in [0.15, 0.2) is 42.7 Å². The molecule has 1 N–H and O–H groups in total. The topological polar surface area (TPSA) is 59.8 Å². The van der Waals surface area contributed by atoms with Crippen LogP contribution in [0.5, 0.6) is 0 Å². The molecule has 0 unspecified atom stereocenters. The van der Waals surface area contributed by atoms with Crippen LogP contribution in [-0.2, 0) is 10.3 Å². The fourth-order valence-corrected chi connectivity index (χ4v) is 3.72. The fraction of sp³-hybridized carbons (Fsp3) is 0.409. The Balaban J connectivity index is 1.81. The summed E-state index contributed by atoms with van der Waals surface area (Å²) >= 11 is 0. The number of fused-ring (bicyclic) bond motifs is 1. The number of hydrogen-bond acceptors (Lipinski definition) is 3. The van der Waals surface area contributed by atoms with Crippen molar-refractivity contribution < 1.29 is 18.0 Å². The molecule has 1 aliphatic rings. The lowest BCUT2D eigenvalue weighted by molar-refractivity contribution is -0.144. The average Bonchev–Trinajstić information content (AvgIpc) is 3.46. The molecule has 0 saturated heterocycles. The zero-order chi connectivity index (χ0) is 21.7. The van der Waals surface area contributed by atoms with Crippen LogP contribution in [0.2, 0.25) is 0 Å². The van der Waals surface area contributed by atoms with Gasteiger partial charge in [0.2, 0.25) is 0 Å². The summed E-state index contributed by atoms with van der Waals surface area (Å²) in [5.41, 5.74) is 1.27. The summed E-state index contributed by atoms with van der Waals surface area (Å²) in [5, 5.41) is 7.42. The Kier molecular flexibility index (Phi) is 4.83. The van der Waals surface area contributed by atoms with Crippen LogP contribution in [0.25, 0.3) is 10.9 Å². The minimum absolute atomic E-state index is 0.397. The van der Waals surface area contributed by atoms with Crippen LogP contribution in [0.3, 0.4) is 0 Å². The van der Waals surface area contributed by atoms with E-state index in [0.29, 0.717) is 29.3 Å². The highest BCUT2D eigenvalue weighted by atomic mass is 19.3. The molecule has 0 radical (unpaired) electrons. The van der Waals surface area contributed by atoms with Gasteiger partial charge in [0.05, 0.1) is 17.8 Å². The first-order chi connectivity index (χ1) is 14.1. The SMILES string of the molecule is C[C@H](NC(=O)C(C)(F)F)[C@](C)(c1ccc(C2CC2)nc1)n1ncc2cc(F)ccc21. The molecule has 5 nitrogen and oxygen atoms in total. The van der Waals surface area contributed by atoms with Crippen molar-refractivity contribution in [3.8, 4) is 0 Å². The fourth-order valence-electron chi connectivity index (χ4n) is 3.72. The van der Waals surface area contributed by atoms with Gasteiger partial charge in [-0.2, -0.15) is 13.9 Å². The van der Waals surface area contributed by atoms with Gasteiger partial charge in [-0.05, 0) is 56.5 Å². The molecule has 1 saturated carbocycles. The van der Waals surface area contributed by atoms with Gasteiger partial charge in [0.25, 0.3) is 5.91 Å². The van der Waals surface area contributed by atoms with Gasteiger partial charge in [0, 0.05) is 30.1 Å². The Hall–Kier alpha value is -2.90. The lowest BCUT2D eigenvalue weighted by Gasteiger charge is -2.38. The van der Waals surface area contributed by atoms with Gasteiger partial charge in [0.1, 0.15) is 11.4 Å². The number of hydrogen-bond donors (Lipinski definition) is 1. The second-order valence-electron chi connectivity index (χ2n) is 8.24. The minimum Gasteiger partial charge on any atom is -0.346 e. The standard InChI is InChI=1S/C22H23F3N4O/c1-13(28-20(30)22(3,24)25)21(2,16-6-8-18(26-12-16)14-4-5-14)29-19-9-7-17(23)10-15(19)11-27-29/h6-14H,4-5H2,1-3H3,(H,28,30)/t13-,21+/m0/s1. The van der Waals surface area contributed by atoms with Crippen LogP contribution < -0.4 is 5.32 Å². The Labute approximate surface area is 172 Å². The number of alkyl halides is 2. The summed E-state index contributed by atoms with van der Waals surface area (Å²) in [6.07, 6.45) is 5.44. The number of benzene rings is 1. The van der Waals surface area contributed by atoms with Gasteiger partial charge in [-0.15, -0.1) is 0 Å². The molecule has 4 rings (SSSR count). The van der Waals surface area contributed by atoms with E-state index < -0.39 is 29.2 Å². The normalized spacial score (nSPS) is 17.5. The van der Waals surface area contributed by atoms with E-state index in [4.69, 9.17) is 0 Å². The van der Waals surface area contributed by atoms with Crippen LogP contribution in [-0.4, -0.2) is 32.6 Å². The first-order valence-corrected chi connectivity index (χ1v) is 9.89. The number of aromatic nitrogens is 3. The van der Waals surface area contributed by atoms with Gasteiger partial charge in [0.15, 0.2) is 0 Å². The first kappa shape index (κ1) is 20.4.